The molecule has 0 unspecified atom stereocenters. The number of nitrogens with zero attached hydrogens (tertiary/aromatic N) is 2. The fraction of sp³-hybridized carbons (Fsp3) is 0. The van der Waals surface area contributed by atoms with Crippen LogP contribution in [0.3, 0.4) is 0 Å². The first-order valence-corrected chi connectivity index (χ1v) is 3.63. The molecule has 0 saturated heterocycles. The molecule has 0 fully saturated rings. The highest BCUT2D eigenvalue weighted by atomic mass is 32.1. The second kappa shape index (κ2) is 2.22. The lowest BCUT2D eigenvalue weighted by atomic mass is 10.3. The molecule has 4 heteroatoms. The van der Waals surface area contributed by atoms with Crippen LogP contribution in [0.2, 0.25) is 0 Å². The van der Waals surface area contributed by atoms with Crippen molar-refractivity contribution in [2.45, 2.75) is 0 Å². The molecule has 2 rings (SSSR count). The van der Waals surface area contributed by atoms with E-state index in [0.29, 0.717) is 5.89 Å². The largest absolute Gasteiger partial charge is 0.333 e. The summed E-state index contributed by atoms with van der Waals surface area (Å²) in [5.41, 5.74) is 0.957. The molecular weight excluding hydrogens is 148 g/mol. The van der Waals surface area contributed by atoms with Gasteiger partial charge in [0, 0.05) is 5.38 Å². The summed E-state index contributed by atoms with van der Waals surface area (Å²) in [6.07, 6.45) is 2.36. The quantitative estimate of drug-likeness (QED) is 0.621. The monoisotopic (exact) mass is 151 g/mol. The van der Waals surface area contributed by atoms with Gasteiger partial charge in [-0.15, -0.1) is 0 Å². The van der Waals surface area contributed by atoms with Crippen molar-refractivity contribution < 1.29 is 4.52 Å². The fourth-order valence-electron chi connectivity index (χ4n) is 0.653. The van der Waals surface area contributed by atoms with E-state index in [-0.39, 0.29) is 0 Å². The van der Waals surface area contributed by atoms with Gasteiger partial charge in [0.25, 0.3) is 5.89 Å². The lowest BCUT2D eigenvalue weighted by molar-refractivity contribution is 0.429. The minimum atomic E-state index is 0.529. The van der Waals surface area contributed by atoms with E-state index < -0.39 is 0 Å². The first kappa shape index (κ1) is 5.61. The maximum Gasteiger partial charge on any atom is 0.259 e. The van der Waals surface area contributed by atoms with Gasteiger partial charge in [-0.1, -0.05) is 5.16 Å². The number of hydrogen-bond donors (Lipinski definition) is 0. The maximum absolute atomic E-state index is 4.77. The maximum atomic E-state index is 4.77. The first-order valence-electron chi connectivity index (χ1n) is 2.69. The highest BCUT2D eigenvalue weighted by Gasteiger charge is 2.01. The van der Waals surface area contributed by atoms with Gasteiger partial charge in [-0.25, -0.2) is 0 Å². The third kappa shape index (κ3) is 0.823. The summed E-state index contributed by atoms with van der Waals surface area (Å²) < 4.78 is 4.77. The van der Waals surface area contributed by atoms with Crippen LogP contribution >= 0.6 is 11.3 Å². The third-order valence-corrected chi connectivity index (χ3v) is 1.78. The predicted molar refractivity (Wildman–Crippen MR) is 36.4 cm³/mol. The van der Waals surface area contributed by atoms with Gasteiger partial charge in [0.15, 0.2) is 0 Å². The minimum absolute atomic E-state index is 0.529. The van der Waals surface area contributed by atoms with Gasteiger partial charge in [-0.2, -0.15) is 16.3 Å². The third-order valence-electron chi connectivity index (χ3n) is 1.09. The number of rotatable bonds is 1. The Hall–Kier alpha value is -1.16. The van der Waals surface area contributed by atoms with Crippen LogP contribution < -0.4 is 0 Å². The summed E-state index contributed by atoms with van der Waals surface area (Å²) in [5, 5.41) is 7.28. The van der Waals surface area contributed by atoms with Crippen LogP contribution in [0.1, 0.15) is 0 Å². The van der Waals surface area contributed by atoms with Crippen LogP contribution in [0.5, 0.6) is 0 Å². The summed E-state index contributed by atoms with van der Waals surface area (Å²) in [6.45, 7) is 0. The molecule has 2 heterocycles. The molecule has 0 amide bonds. The van der Waals surface area contributed by atoms with E-state index in [1.807, 2.05) is 16.8 Å². The molecule has 0 saturated carbocycles. The molecule has 0 bridgehead atoms. The lowest BCUT2D eigenvalue weighted by Gasteiger charge is -1.80. The molecule has 49 valence electrons. The Kier molecular flexibility index (Phi) is 1.25. The Morgan fingerprint density at radius 3 is 3.20 bits per heavy atom. The summed E-state index contributed by atoms with van der Waals surface area (Å²) in [4.78, 5) is 3.76. The van der Waals surface area contributed by atoms with Gasteiger partial charge in [0.2, 0.25) is 6.33 Å². The highest BCUT2D eigenvalue weighted by Crippen LogP contribution is 2.17. The van der Waals surface area contributed by atoms with E-state index in [1.54, 1.807) is 11.3 Å². The zero-order valence-corrected chi connectivity index (χ0v) is 5.76. The Morgan fingerprint density at radius 2 is 2.60 bits per heavy atom. The van der Waals surface area contributed by atoms with E-state index in [1.165, 1.54) is 0 Å². The predicted octanol–water partition coefficient (Wildman–Crippen LogP) is 1.60. The normalized spacial score (nSPS) is 10.0. The van der Waals surface area contributed by atoms with Gasteiger partial charge in [0.1, 0.15) is 0 Å². The number of aromatic nitrogens is 2. The molecule has 10 heavy (non-hydrogen) atoms. The van der Waals surface area contributed by atoms with Crippen molar-refractivity contribution in [1.82, 2.24) is 10.1 Å². The van der Waals surface area contributed by atoms with Gasteiger partial charge >= 0.3 is 0 Å². The van der Waals surface area contributed by atoms with Crippen molar-refractivity contribution in [3.63, 3.8) is 0 Å². The molecule has 0 N–H and O–H groups in total. The lowest BCUT2D eigenvalue weighted by Crippen LogP contribution is -1.68. The molecule has 2 aromatic rings. The Morgan fingerprint density at radius 1 is 1.60 bits per heavy atom. The summed E-state index contributed by atoms with van der Waals surface area (Å²) in [5.74, 6) is 0.529. The summed E-state index contributed by atoms with van der Waals surface area (Å²) >= 11 is 1.60. The van der Waals surface area contributed by atoms with Crippen molar-refractivity contribution in [3.05, 3.63) is 23.2 Å². The minimum Gasteiger partial charge on any atom is -0.333 e. The average molecular weight is 151 g/mol. The fourth-order valence-corrected chi connectivity index (χ4v) is 1.28. The van der Waals surface area contributed by atoms with Gasteiger partial charge in [-0.3, -0.25) is 0 Å². The van der Waals surface area contributed by atoms with E-state index in [4.69, 9.17) is 4.52 Å². The van der Waals surface area contributed by atoms with Crippen LogP contribution in [-0.2, 0) is 0 Å². The molecule has 0 aliphatic heterocycles. The number of hydrogen-bond acceptors (Lipinski definition) is 4. The molecule has 0 atom stereocenters. The highest BCUT2D eigenvalue weighted by molar-refractivity contribution is 7.08. The Bertz CT molecular complexity index is 255. The average Bonchev–Trinajstić information content (AvgIpc) is 2.59. The summed E-state index contributed by atoms with van der Waals surface area (Å²) in [7, 11) is 0. The van der Waals surface area contributed by atoms with E-state index in [9.17, 15) is 0 Å². The van der Waals surface area contributed by atoms with Crippen molar-refractivity contribution >= 4 is 11.3 Å². The van der Waals surface area contributed by atoms with Crippen LogP contribution in [0.15, 0.2) is 21.3 Å². The van der Waals surface area contributed by atoms with Crippen molar-refractivity contribution in [2.24, 2.45) is 0 Å². The SMILES string of the molecule is [c]1noc(-c2ccsc2)n1. The van der Waals surface area contributed by atoms with E-state index in [0.717, 1.165) is 5.56 Å². The molecule has 0 aromatic carbocycles. The van der Waals surface area contributed by atoms with Gasteiger partial charge in [-0.05, 0) is 11.4 Å². The molecule has 1 radical (unpaired) electrons. The number of thiophene rings is 1. The van der Waals surface area contributed by atoms with Crippen molar-refractivity contribution in [2.75, 3.05) is 0 Å². The van der Waals surface area contributed by atoms with Crippen LogP contribution in [0.25, 0.3) is 11.5 Å². The molecule has 0 aliphatic rings. The topological polar surface area (TPSA) is 38.9 Å². The Balaban J connectivity index is 2.48. The zero-order chi connectivity index (χ0) is 6.81. The summed E-state index contributed by atoms with van der Waals surface area (Å²) in [6, 6.07) is 1.92. The second-order valence-electron chi connectivity index (χ2n) is 1.71. The molecule has 0 spiro atoms. The van der Waals surface area contributed by atoms with Crippen LogP contribution in [-0.4, -0.2) is 10.1 Å². The van der Waals surface area contributed by atoms with Crippen molar-refractivity contribution in [1.29, 1.82) is 0 Å². The Labute approximate surface area is 61.3 Å². The standard InChI is InChI=1S/C6H3N2OS/c1-2-10-3-5(1)6-7-4-8-9-6/h1-3H. The molecule has 0 aliphatic carbocycles. The van der Waals surface area contributed by atoms with E-state index >= 15 is 0 Å². The molecule has 3 nitrogen and oxygen atoms in total. The first-order chi connectivity index (χ1) is 4.97. The second-order valence-corrected chi connectivity index (χ2v) is 2.49. The van der Waals surface area contributed by atoms with Crippen LogP contribution in [0, 0.1) is 6.33 Å². The van der Waals surface area contributed by atoms with Crippen LogP contribution in [0.4, 0.5) is 0 Å². The molecule has 2 aromatic heterocycles. The van der Waals surface area contributed by atoms with E-state index in [2.05, 4.69) is 16.5 Å². The smallest absolute Gasteiger partial charge is 0.259 e. The van der Waals surface area contributed by atoms with Crippen molar-refractivity contribution in [3.8, 4) is 11.5 Å². The zero-order valence-electron chi connectivity index (χ0n) is 4.94. The van der Waals surface area contributed by atoms with Gasteiger partial charge < -0.3 is 4.52 Å². The molecular formula is C6H3N2OS. The van der Waals surface area contributed by atoms with Gasteiger partial charge in [0.05, 0.1) is 5.56 Å².